The van der Waals surface area contributed by atoms with Crippen LogP contribution in [0.1, 0.15) is 70.3 Å². The third-order valence-electron chi connectivity index (χ3n) is 6.78. The molecule has 32 heavy (non-hydrogen) atoms. The van der Waals surface area contributed by atoms with E-state index in [9.17, 15) is 0 Å². The van der Waals surface area contributed by atoms with Gasteiger partial charge < -0.3 is 4.74 Å². The van der Waals surface area contributed by atoms with Gasteiger partial charge in [0.05, 0.1) is 24.8 Å². The molecule has 1 aliphatic carbocycles. The third kappa shape index (κ3) is 4.89. The fraction of sp³-hybridized carbons (Fsp3) is 0.625. The van der Waals surface area contributed by atoms with E-state index in [0.29, 0.717) is 10.0 Å². The zero-order valence-electron chi connectivity index (χ0n) is 19.2. The van der Waals surface area contributed by atoms with Gasteiger partial charge in [-0.15, -0.1) is 5.10 Å². The van der Waals surface area contributed by atoms with Gasteiger partial charge in [0.15, 0.2) is 5.82 Å². The number of allylic oxidation sites excluding steroid dienone is 1. The number of hydrogen-bond donors (Lipinski definition) is 0. The molecular formula is C24H33Cl2N5O. The van der Waals surface area contributed by atoms with Crippen LogP contribution < -0.4 is 0 Å². The summed E-state index contributed by atoms with van der Waals surface area (Å²) >= 11 is 12.5. The second-order valence-corrected chi connectivity index (χ2v) is 10.8. The molecule has 0 spiro atoms. The van der Waals surface area contributed by atoms with Gasteiger partial charge in [0, 0.05) is 23.1 Å². The lowest BCUT2D eigenvalue weighted by molar-refractivity contribution is -0.0470. The quantitative estimate of drug-likeness (QED) is 0.546. The first-order valence-electron chi connectivity index (χ1n) is 11.6. The van der Waals surface area contributed by atoms with Crippen LogP contribution in [0.5, 0.6) is 0 Å². The lowest BCUT2D eigenvalue weighted by Crippen LogP contribution is -2.54. The highest BCUT2D eigenvalue weighted by Gasteiger charge is 2.45. The number of tetrazole rings is 1. The number of rotatable bonds is 5. The van der Waals surface area contributed by atoms with Crippen molar-refractivity contribution < 1.29 is 4.74 Å². The largest absolute Gasteiger partial charge is 0.379 e. The smallest absolute Gasteiger partial charge is 0.172 e. The fourth-order valence-corrected chi connectivity index (χ4v) is 5.54. The van der Waals surface area contributed by atoms with E-state index < -0.39 is 0 Å². The Hall–Kier alpha value is -1.47. The molecular weight excluding hydrogens is 445 g/mol. The van der Waals surface area contributed by atoms with Crippen molar-refractivity contribution in [1.29, 1.82) is 0 Å². The van der Waals surface area contributed by atoms with Crippen molar-refractivity contribution in [2.45, 2.75) is 64.5 Å². The highest BCUT2D eigenvalue weighted by molar-refractivity contribution is 6.35. The normalized spacial score (nSPS) is 21.2. The van der Waals surface area contributed by atoms with Gasteiger partial charge in [-0.05, 0) is 46.4 Å². The van der Waals surface area contributed by atoms with Gasteiger partial charge in [-0.25, -0.2) is 4.68 Å². The maximum Gasteiger partial charge on any atom is 0.172 e. The first-order chi connectivity index (χ1) is 15.3. The SMILES string of the molecule is CC(C)(C)C(/C=C\c1ccc(Cl)cc1Cl)n1nnnc1C1(N2CCOCC2)CCCCC1. The van der Waals surface area contributed by atoms with E-state index in [0.717, 1.165) is 50.5 Å². The van der Waals surface area contributed by atoms with Crippen LogP contribution in [0, 0.1) is 5.41 Å². The van der Waals surface area contributed by atoms with E-state index in [1.165, 1.54) is 19.3 Å². The number of ether oxygens (including phenoxy) is 1. The van der Waals surface area contributed by atoms with Gasteiger partial charge in [-0.1, -0.05) is 81.5 Å². The zero-order chi connectivity index (χ0) is 22.8. The maximum absolute atomic E-state index is 6.43. The standard InChI is InChI=1S/C24H33Cl2N5O/c1-23(2,3)21(10-8-18-7-9-19(25)17-20(18)26)31-22(27-28-29-31)24(11-5-4-6-12-24)30-13-15-32-16-14-30/h7-10,17,21H,4-6,11-16H2,1-3H3/b10-8-. The predicted octanol–water partition coefficient (Wildman–Crippen LogP) is 5.77. The highest BCUT2D eigenvalue weighted by atomic mass is 35.5. The van der Waals surface area contributed by atoms with Crippen molar-refractivity contribution in [1.82, 2.24) is 25.1 Å². The Kier molecular flexibility index (Phi) is 7.25. The van der Waals surface area contributed by atoms with E-state index in [1.807, 2.05) is 12.1 Å². The van der Waals surface area contributed by atoms with Crippen molar-refractivity contribution in [2.75, 3.05) is 26.3 Å². The molecule has 0 amide bonds. The Bertz CT molecular complexity index is 940. The van der Waals surface area contributed by atoms with E-state index in [4.69, 9.17) is 27.9 Å². The highest BCUT2D eigenvalue weighted by Crippen LogP contribution is 2.44. The summed E-state index contributed by atoms with van der Waals surface area (Å²) in [7, 11) is 0. The summed E-state index contributed by atoms with van der Waals surface area (Å²) in [6.45, 7) is 10.0. The Labute approximate surface area is 200 Å². The van der Waals surface area contributed by atoms with Crippen LogP contribution in [-0.4, -0.2) is 51.4 Å². The Morgan fingerprint density at radius 1 is 1.09 bits per heavy atom. The van der Waals surface area contributed by atoms with Crippen molar-refractivity contribution in [3.63, 3.8) is 0 Å². The second-order valence-electron chi connectivity index (χ2n) is 9.97. The van der Waals surface area contributed by atoms with E-state index in [2.05, 4.69) is 58.0 Å². The van der Waals surface area contributed by atoms with Crippen LogP contribution in [0.3, 0.4) is 0 Å². The number of hydrogen-bond acceptors (Lipinski definition) is 5. The number of aromatic nitrogens is 4. The molecule has 1 saturated heterocycles. The monoisotopic (exact) mass is 477 g/mol. The minimum absolute atomic E-state index is 0.0286. The van der Waals surface area contributed by atoms with Crippen LogP contribution in [-0.2, 0) is 10.3 Å². The van der Waals surface area contributed by atoms with Gasteiger partial charge in [0.25, 0.3) is 0 Å². The molecule has 1 aromatic carbocycles. The fourth-order valence-electron chi connectivity index (χ4n) is 5.07. The third-order valence-corrected chi connectivity index (χ3v) is 7.34. The molecule has 1 atom stereocenters. The molecule has 0 bridgehead atoms. The zero-order valence-corrected chi connectivity index (χ0v) is 20.7. The van der Waals surface area contributed by atoms with Crippen molar-refractivity contribution in [3.05, 3.63) is 45.7 Å². The van der Waals surface area contributed by atoms with E-state index >= 15 is 0 Å². The van der Waals surface area contributed by atoms with Gasteiger partial charge >= 0.3 is 0 Å². The van der Waals surface area contributed by atoms with Crippen LogP contribution >= 0.6 is 23.2 Å². The summed E-state index contributed by atoms with van der Waals surface area (Å²) in [5, 5.41) is 14.6. The van der Waals surface area contributed by atoms with Gasteiger partial charge in [0.1, 0.15) is 0 Å². The van der Waals surface area contributed by atoms with Crippen LogP contribution in [0.2, 0.25) is 10.0 Å². The second kappa shape index (κ2) is 9.80. The van der Waals surface area contributed by atoms with Crippen LogP contribution in [0.25, 0.3) is 6.08 Å². The van der Waals surface area contributed by atoms with Crippen molar-refractivity contribution in [3.8, 4) is 0 Å². The molecule has 1 aromatic heterocycles. The summed E-state index contributed by atoms with van der Waals surface area (Å²) in [5.41, 5.74) is 0.696. The molecule has 6 nitrogen and oxygen atoms in total. The molecule has 174 valence electrons. The topological polar surface area (TPSA) is 56.1 Å². The molecule has 4 rings (SSSR count). The van der Waals surface area contributed by atoms with Crippen molar-refractivity contribution >= 4 is 29.3 Å². The molecule has 2 heterocycles. The molecule has 8 heteroatoms. The Morgan fingerprint density at radius 3 is 2.47 bits per heavy atom. The molecule has 1 unspecified atom stereocenters. The van der Waals surface area contributed by atoms with Crippen molar-refractivity contribution in [2.24, 2.45) is 5.41 Å². The average molecular weight is 478 g/mol. The van der Waals surface area contributed by atoms with Gasteiger partial charge in [0.2, 0.25) is 0 Å². The summed E-state index contributed by atoms with van der Waals surface area (Å²) in [5.74, 6) is 0.978. The van der Waals surface area contributed by atoms with E-state index in [-0.39, 0.29) is 17.0 Å². The average Bonchev–Trinajstić information content (AvgIpc) is 3.25. The number of halogens is 2. The Balaban J connectivity index is 1.74. The maximum atomic E-state index is 6.43. The summed E-state index contributed by atoms with van der Waals surface area (Å²) in [6, 6.07) is 5.54. The minimum atomic E-state index is -0.138. The molecule has 2 fully saturated rings. The summed E-state index contributed by atoms with van der Waals surface area (Å²) < 4.78 is 7.72. The summed E-state index contributed by atoms with van der Waals surface area (Å²) in [4.78, 5) is 2.57. The molecule has 1 saturated carbocycles. The number of nitrogens with zero attached hydrogens (tertiary/aromatic N) is 5. The molecule has 2 aromatic rings. The first-order valence-corrected chi connectivity index (χ1v) is 12.3. The van der Waals surface area contributed by atoms with E-state index in [1.54, 1.807) is 6.07 Å². The number of morpholine rings is 1. The number of benzene rings is 1. The summed E-state index contributed by atoms with van der Waals surface area (Å²) in [6.07, 6.45) is 10.0. The molecule has 2 aliphatic rings. The van der Waals surface area contributed by atoms with Gasteiger partial charge in [-0.3, -0.25) is 4.90 Å². The minimum Gasteiger partial charge on any atom is -0.379 e. The lowest BCUT2D eigenvalue weighted by Gasteiger charge is -2.47. The Morgan fingerprint density at radius 2 is 1.81 bits per heavy atom. The lowest BCUT2D eigenvalue weighted by atomic mass is 9.78. The molecule has 0 N–H and O–H groups in total. The van der Waals surface area contributed by atoms with Crippen LogP contribution in [0.4, 0.5) is 0 Å². The van der Waals surface area contributed by atoms with Gasteiger partial charge in [-0.2, -0.15) is 0 Å². The first kappa shape index (κ1) is 23.7. The van der Waals surface area contributed by atoms with Crippen LogP contribution in [0.15, 0.2) is 24.3 Å². The predicted molar refractivity (Wildman–Crippen MR) is 129 cm³/mol. The molecule has 0 radical (unpaired) electrons. The molecule has 1 aliphatic heterocycles.